The van der Waals surface area contributed by atoms with E-state index in [0.717, 1.165) is 5.39 Å². The molecule has 1 fully saturated rings. The van der Waals surface area contributed by atoms with Crippen LogP contribution in [0.2, 0.25) is 0 Å². The lowest BCUT2D eigenvalue weighted by Crippen LogP contribution is -2.50. The Morgan fingerprint density at radius 2 is 2.05 bits per heavy atom. The third kappa shape index (κ3) is 2.19. The molecule has 1 aromatic carbocycles. The van der Waals surface area contributed by atoms with E-state index in [9.17, 15) is 9.59 Å². The van der Waals surface area contributed by atoms with Gasteiger partial charge in [-0.2, -0.15) is 0 Å². The lowest BCUT2D eigenvalue weighted by Gasteiger charge is -2.37. The molecule has 5 heteroatoms. The van der Waals surface area contributed by atoms with Crippen molar-refractivity contribution in [1.29, 1.82) is 0 Å². The number of likely N-dealkylation sites (tertiary alicyclic amines) is 1. The van der Waals surface area contributed by atoms with Crippen LogP contribution in [0.5, 0.6) is 0 Å². The standard InChI is InChI=1S/C14H13NO4/c16-13(17)5-9-7-15(8-9)14(18)12-6-10-3-1-2-4-11(10)19-12/h1-4,6,9H,5,7-8H2,(H,16,17). The number of amides is 1. The van der Waals surface area contributed by atoms with Gasteiger partial charge in [-0.1, -0.05) is 18.2 Å². The number of fused-ring (bicyclic) bond motifs is 1. The van der Waals surface area contributed by atoms with Gasteiger partial charge in [0.25, 0.3) is 5.91 Å². The summed E-state index contributed by atoms with van der Waals surface area (Å²) in [6.07, 6.45) is 0.115. The molecular weight excluding hydrogens is 246 g/mol. The van der Waals surface area contributed by atoms with Crippen LogP contribution in [0.1, 0.15) is 17.0 Å². The number of carboxylic acid groups (broad SMARTS) is 1. The fourth-order valence-corrected chi connectivity index (χ4v) is 2.35. The van der Waals surface area contributed by atoms with E-state index >= 15 is 0 Å². The van der Waals surface area contributed by atoms with Crippen LogP contribution >= 0.6 is 0 Å². The summed E-state index contributed by atoms with van der Waals surface area (Å²) in [5, 5.41) is 9.56. The number of nitrogens with zero attached hydrogens (tertiary/aromatic N) is 1. The van der Waals surface area contributed by atoms with E-state index in [-0.39, 0.29) is 18.2 Å². The van der Waals surface area contributed by atoms with Crippen LogP contribution < -0.4 is 0 Å². The molecule has 1 N–H and O–H groups in total. The maximum Gasteiger partial charge on any atom is 0.303 e. The zero-order chi connectivity index (χ0) is 13.4. The van der Waals surface area contributed by atoms with E-state index in [4.69, 9.17) is 9.52 Å². The van der Waals surface area contributed by atoms with Gasteiger partial charge in [0.1, 0.15) is 5.58 Å². The highest BCUT2D eigenvalue weighted by atomic mass is 16.4. The van der Waals surface area contributed by atoms with Crippen molar-refractivity contribution >= 4 is 22.8 Å². The highest BCUT2D eigenvalue weighted by molar-refractivity contribution is 5.96. The summed E-state index contributed by atoms with van der Waals surface area (Å²) in [5.41, 5.74) is 0.688. The van der Waals surface area contributed by atoms with E-state index in [1.165, 1.54) is 0 Å². The number of aliphatic carboxylic acids is 1. The van der Waals surface area contributed by atoms with Gasteiger partial charge in [0.2, 0.25) is 0 Å². The minimum Gasteiger partial charge on any atom is -0.481 e. The van der Waals surface area contributed by atoms with Gasteiger partial charge in [-0.15, -0.1) is 0 Å². The van der Waals surface area contributed by atoms with Crippen molar-refractivity contribution in [1.82, 2.24) is 4.90 Å². The van der Waals surface area contributed by atoms with Gasteiger partial charge in [-0.3, -0.25) is 9.59 Å². The molecule has 5 nitrogen and oxygen atoms in total. The average Bonchev–Trinajstić information content (AvgIpc) is 2.75. The first-order valence-corrected chi connectivity index (χ1v) is 6.13. The number of carbonyl (C=O) groups excluding carboxylic acids is 1. The van der Waals surface area contributed by atoms with Crippen molar-refractivity contribution < 1.29 is 19.1 Å². The molecule has 1 amide bonds. The molecule has 0 bridgehead atoms. The molecule has 98 valence electrons. The largest absolute Gasteiger partial charge is 0.481 e. The molecule has 1 saturated heterocycles. The van der Waals surface area contributed by atoms with Crippen molar-refractivity contribution in [2.75, 3.05) is 13.1 Å². The van der Waals surface area contributed by atoms with Gasteiger partial charge >= 0.3 is 5.97 Å². The quantitative estimate of drug-likeness (QED) is 0.914. The van der Waals surface area contributed by atoms with Crippen LogP contribution in [0.25, 0.3) is 11.0 Å². The Morgan fingerprint density at radius 1 is 1.32 bits per heavy atom. The normalized spacial score (nSPS) is 15.5. The zero-order valence-corrected chi connectivity index (χ0v) is 10.2. The number of benzene rings is 1. The van der Waals surface area contributed by atoms with Gasteiger partial charge in [0.15, 0.2) is 5.76 Å². The van der Waals surface area contributed by atoms with Gasteiger partial charge < -0.3 is 14.4 Å². The number of hydrogen-bond acceptors (Lipinski definition) is 3. The van der Waals surface area contributed by atoms with Crippen molar-refractivity contribution in [3.63, 3.8) is 0 Å². The molecule has 3 rings (SSSR count). The minimum absolute atomic E-state index is 0.0610. The highest BCUT2D eigenvalue weighted by Gasteiger charge is 2.33. The maximum absolute atomic E-state index is 12.1. The Morgan fingerprint density at radius 3 is 2.74 bits per heavy atom. The molecule has 2 aromatic rings. The molecule has 0 unspecified atom stereocenters. The van der Waals surface area contributed by atoms with E-state index in [1.807, 2.05) is 24.3 Å². The second-order valence-electron chi connectivity index (χ2n) is 4.82. The summed E-state index contributed by atoms with van der Waals surface area (Å²) in [7, 11) is 0. The molecule has 19 heavy (non-hydrogen) atoms. The molecule has 0 saturated carbocycles. The molecule has 2 heterocycles. The Bertz CT molecular complexity index is 607. The summed E-state index contributed by atoms with van der Waals surface area (Å²) in [6.45, 7) is 0.977. The van der Waals surface area contributed by atoms with E-state index in [0.29, 0.717) is 24.4 Å². The monoisotopic (exact) mass is 259 g/mol. The van der Waals surface area contributed by atoms with Gasteiger partial charge in [-0.05, 0) is 12.1 Å². The summed E-state index contributed by atoms with van der Waals surface area (Å²) < 4.78 is 5.50. The second kappa shape index (κ2) is 4.42. The molecular formula is C14H13NO4. The fourth-order valence-electron chi connectivity index (χ4n) is 2.35. The number of carboxylic acids is 1. The first-order chi connectivity index (χ1) is 9.13. The van der Waals surface area contributed by atoms with Crippen LogP contribution in [0, 0.1) is 5.92 Å². The maximum atomic E-state index is 12.1. The number of hydrogen-bond donors (Lipinski definition) is 1. The van der Waals surface area contributed by atoms with Crippen molar-refractivity contribution in [3.05, 3.63) is 36.1 Å². The number of rotatable bonds is 3. The summed E-state index contributed by atoms with van der Waals surface area (Å²) in [6, 6.07) is 9.17. The first-order valence-electron chi connectivity index (χ1n) is 6.13. The topological polar surface area (TPSA) is 70.8 Å². The van der Waals surface area contributed by atoms with Crippen molar-refractivity contribution in [2.45, 2.75) is 6.42 Å². The number of para-hydroxylation sites is 1. The average molecular weight is 259 g/mol. The lowest BCUT2D eigenvalue weighted by atomic mass is 9.96. The third-order valence-electron chi connectivity index (χ3n) is 3.34. The van der Waals surface area contributed by atoms with E-state index in [1.54, 1.807) is 11.0 Å². The Hall–Kier alpha value is -2.30. The van der Waals surface area contributed by atoms with Crippen molar-refractivity contribution in [2.24, 2.45) is 5.92 Å². The minimum atomic E-state index is -0.819. The molecule has 1 aromatic heterocycles. The summed E-state index contributed by atoms with van der Waals surface area (Å²) in [4.78, 5) is 24.3. The molecule has 0 radical (unpaired) electrons. The Balaban J connectivity index is 1.70. The van der Waals surface area contributed by atoms with Crippen LogP contribution in [0.15, 0.2) is 34.7 Å². The number of furan rings is 1. The zero-order valence-electron chi connectivity index (χ0n) is 10.2. The van der Waals surface area contributed by atoms with Crippen LogP contribution in [0.4, 0.5) is 0 Å². The highest BCUT2D eigenvalue weighted by Crippen LogP contribution is 2.25. The Labute approximate surface area is 109 Å². The van der Waals surface area contributed by atoms with Crippen LogP contribution in [-0.4, -0.2) is 35.0 Å². The van der Waals surface area contributed by atoms with Crippen LogP contribution in [0.3, 0.4) is 0 Å². The fraction of sp³-hybridized carbons (Fsp3) is 0.286. The second-order valence-corrected chi connectivity index (χ2v) is 4.82. The van der Waals surface area contributed by atoms with Gasteiger partial charge in [0, 0.05) is 24.4 Å². The predicted octanol–water partition coefficient (Wildman–Crippen LogP) is 1.98. The number of carbonyl (C=O) groups is 2. The molecule has 0 aliphatic carbocycles. The smallest absolute Gasteiger partial charge is 0.303 e. The van der Waals surface area contributed by atoms with E-state index < -0.39 is 5.97 Å². The summed E-state index contributed by atoms with van der Waals surface area (Å²) >= 11 is 0. The van der Waals surface area contributed by atoms with Crippen LogP contribution in [-0.2, 0) is 4.79 Å². The Kier molecular flexibility index (Phi) is 2.74. The van der Waals surface area contributed by atoms with Gasteiger partial charge in [-0.25, -0.2) is 0 Å². The SMILES string of the molecule is O=C(O)CC1CN(C(=O)c2cc3ccccc3o2)C1. The lowest BCUT2D eigenvalue weighted by molar-refractivity contribution is -0.139. The molecule has 0 atom stereocenters. The first kappa shape index (κ1) is 11.8. The van der Waals surface area contributed by atoms with Gasteiger partial charge in [0.05, 0.1) is 6.42 Å². The molecule has 1 aliphatic heterocycles. The van der Waals surface area contributed by atoms with E-state index in [2.05, 4.69) is 0 Å². The van der Waals surface area contributed by atoms with Crippen molar-refractivity contribution in [3.8, 4) is 0 Å². The summed E-state index contributed by atoms with van der Waals surface area (Å²) in [5.74, 6) is -0.612. The molecule has 0 spiro atoms. The molecule has 1 aliphatic rings. The predicted molar refractivity (Wildman–Crippen MR) is 67.9 cm³/mol. The third-order valence-corrected chi connectivity index (χ3v) is 3.34.